The number of nitrogens with one attached hydrogen (secondary N) is 1. The first kappa shape index (κ1) is 15.9. The van der Waals surface area contributed by atoms with Gasteiger partial charge in [0.15, 0.2) is 0 Å². The maximum Gasteiger partial charge on any atom is 0.273 e. The minimum Gasteiger partial charge on any atom is -0.377 e. The van der Waals surface area contributed by atoms with Crippen molar-refractivity contribution in [3.8, 4) is 0 Å². The van der Waals surface area contributed by atoms with Crippen LogP contribution in [0.1, 0.15) is 25.3 Å². The van der Waals surface area contributed by atoms with Gasteiger partial charge >= 0.3 is 0 Å². The molecule has 0 aromatic heterocycles. The summed E-state index contributed by atoms with van der Waals surface area (Å²) in [6.07, 6.45) is 1.56. The highest BCUT2D eigenvalue weighted by atomic mass is 32.2. The van der Waals surface area contributed by atoms with Crippen LogP contribution >= 0.6 is 0 Å². The van der Waals surface area contributed by atoms with Crippen LogP contribution in [0.2, 0.25) is 0 Å². The van der Waals surface area contributed by atoms with Crippen LogP contribution in [0.25, 0.3) is 0 Å². The van der Waals surface area contributed by atoms with Gasteiger partial charge in [0, 0.05) is 24.3 Å². The number of sulfonamides is 1. The van der Waals surface area contributed by atoms with E-state index < -0.39 is 14.9 Å². The Morgan fingerprint density at radius 2 is 2.19 bits per heavy atom. The zero-order chi connectivity index (χ0) is 15.6. The lowest BCUT2D eigenvalue weighted by molar-refractivity contribution is -0.385. The van der Waals surface area contributed by atoms with Crippen molar-refractivity contribution in [2.24, 2.45) is 0 Å². The minimum atomic E-state index is -3.80. The lowest BCUT2D eigenvalue weighted by atomic mass is 10.1. The standard InChI is InChI=1S/C13H18N2O5S/c1-9-5-6-11(8-12(9)15(16)17)21(18,19)14-10(2)13-4-3-7-20-13/h5-6,8,10,13-14H,3-4,7H2,1-2H3/t10-,13-/m1/s1. The van der Waals surface area contributed by atoms with Crippen LogP contribution in [0.15, 0.2) is 23.1 Å². The molecule has 0 radical (unpaired) electrons. The monoisotopic (exact) mass is 314 g/mol. The molecule has 1 aliphatic rings. The fraction of sp³-hybridized carbons (Fsp3) is 0.538. The molecular weight excluding hydrogens is 296 g/mol. The Balaban J connectivity index is 2.23. The van der Waals surface area contributed by atoms with E-state index in [0.29, 0.717) is 12.2 Å². The van der Waals surface area contributed by atoms with E-state index in [2.05, 4.69) is 4.72 Å². The third kappa shape index (κ3) is 3.58. The highest BCUT2D eigenvalue weighted by Crippen LogP contribution is 2.23. The molecule has 0 amide bonds. The predicted molar refractivity (Wildman–Crippen MR) is 76.6 cm³/mol. The largest absolute Gasteiger partial charge is 0.377 e. The van der Waals surface area contributed by atoms with Gasteiger partial charge in [0.05, 0.1) is 15.9 Å². The number of aryl methyl sites for hydroxylation is 1. The van der Waals surface area contributed by atoms with Gasteiger partial charge in [-0.1, -0.05) is 6.07 Å². The van der Waals surface area contributed by atoms with E-state index in [4.69, 9.17) is 4.74 Å². The van der Waals surface area contributed by atoms with Crippen molar-refractivity contribution in [3.05, 3.63) is 33.9 Å². The normalized spacial score (nSPS) is 20.4. The van der Waals surface area contributed by atoms with Crippen LogP contribution < -0.4 is 4.72 Å². The first-order valence-corrected chi connectivity index (χ1v) is 8.18. The maximum atomic E-state index is 12.3. The topological polar surface area (TPSA) is 98.5 Å². The lowest BCUT2D eigenvalue weighted by Gasteiger charge is -2.19. The van der Waals surface area contributed by atoms with E-state index >= 15 is 0 Å². The molecule has 2 atom stereocenters. The molecule has 0 unspecified atom stereocenters. The zero-order valence-electron chi connectivity index (χ0n) is 11.9. The summed E-state index contributed by atoms with van der Waals surface area (Å²) in [5.41, 5.74) is 0.216. The highest BCUT2D eigenvalue weighted by Gasteiger charge is 2.28. The summed E-state index contributed by atoms with van der Waals surface area (Å²) in [7, 11) is -3.80. The number of ether oxygens (including phenoxy) is 1. The van der Waals surface area contributed by atoms with E-state index in [0.717, 1.165) is 18.9 Å². The summed E-state index contributed by atoms with van der Waals surface area (Å²) in [5.74, 6) is 0. The van der Waals surface area contributed by atoms with E-state index in [1.165, 1.54) is 12.1 Å². The minimum absolute atomic E-state index is 0.107. The van der Waals surface area contributed by atoms with Crippen molar-refractivity contribution in [1.82, 2.24) is 4.72 Å². The van der Waals surface area contributed by atoms with Crippen LogP contribution in [-0.2, 0) is 14.8 Å². The number of benzene rings is 1. The van der Waals surface area contributed by atoms with Crippen LogP contribution in [-0.4, -0.2) is 32.1 Å². The molecule has 21 heavy (non-hydrogen) atoms. The van der Waals surface area contributed by atoms with Gasteiger partial charge in [-0.05, 0) is 32.8 Å². The van der Waals surface area contributed by atoms with Gasteiger partial charge in [-0.3, -0.25) is 10.1 Å². The fourth-order valence-corrected chi connectivity index (χ4v) is 3.63. The SMILES string of the molecule is Cc1ccc(S(=O)(=O)N[C@H](C)[C@H]2CCCO2)cc1[N+](=O)[O-]. The molecule has 2 rings (SSSR count). The van der Waals surface area contributed by atoms with E-state index in [1.807, 2.05) is 0 Å². The van der Waals surface area contributed by atoms with Gasteiger partial charge in [-0.2, -0.15) is 0 Å². The molecule has 0 bridgehead atoms. The molecule has 8 heteroatoms. The molecule has 0 aliphatic carbocycles. The van der Waals surface area contributed by atoms with Crippen molar-refractivity contribution < 1.29 is 18.1 Å². The average molecular weight is 314 g/mol. The van der Waals surface area contributed by atoms with Crippen molar-refractivity contribution in [2.75, 3.05) is 6.61 Å². The Morgan fingerprint density at radius 1 is 1.48 bits per heavy atom. The summed E-state index contributed by atoms with van der Waals surface area (Å²) in [6.45, 7) is 3.93. The number of nitro benzene ring substituents is 1. The molecule has 1 N–H and O–H groups in total. The maximum absolute atomic E-state index is 12.3. The molecule has 1 fully saturated rings. The first-order chi connectivity index (χ1) is 9.81. The molecule has 0 saturated carbocycles. The smallest absolute Gasteiger partial charge is 0.273 e. The third-order valence-corrected chi connectivity index (χ3v) is 5.11. The Morgan fingerprint density at radius 3 is 2.76 bits per heavy atom. The van der Waals surface area contributed by atoms with Gasteiger partial charge in [-0.15, -0.1) is 0 Å². The highest BCUT2D eigenvalue weighted by molar-refractivity contribution is 7.89. The number of rotatable bonds is 5. The van der Waals surface area contributed by atoms with Crippen molar-refractivity contribution in [2.45, 2.75) is 43.7 Å². The Hall–Kier alpha value is -1.51. The third-order valence-electron chi connectivity index (χ3n) is 3.55. The molecule has 0 spiro atoms. The second-order valence-electron chi connectivity index (χ2n) is 5.17. The van der Waals surface area contributed by atoms with Crippen LogP contribution in [0.5, 0.6) is 0 Å². The van der Waals surface area contributed by atoms with Crippen molar-refractivity contribution in [3.63, 3.8) is 0 Å². The van der Waals surface area contributed by atoms with Gasteiger partial charge in [0.2, 0.25) is 10.0 Å². The summed E-state index contributed by atoms with van der Waals surface area (Å²) in [4.78, 5) is 10.2. The van der Waals surface area contributed by atoms with E-state index in [9.17, 15) is 18.5 Å². The molecule has 1 heterocycles. The number of hydrogen-bond donors (Lipinski definition) is 1. The number of hydrogen-bond acceptors (Lipinski definition) is 5. The molecular formula is C13H18N2O5S. The molecule has 116 valence electrons. The molecule has 7 nitrogen and oxygen atoms in total. The summed E-state index contributed by atoms with van der Waals surface area (Å²) >= 11 is 0. The average Bonchev–Trinajstić information content (AvgIpc) is 2.92. The fourth-order valence-electron chi connectivity index (χ4n) is 2.34. The van der Waals surface area contributed by atoms with Crippen LogP contribution in [0.3, 0.4) is 0 Å². The second-order valence-corrected chi connectivity index (χ2v) is 6.88. The van der Waals surface area contributed by atoms with E-state index in [1.54, 1.807) is 13.8 Å². The molecule has 1 saturated heterocycles. The number of nitro groups is 1. The quantitative estimate of drug-likeness (QED) is 0.659. The van der Waals surface area contributed by atoms with Crippen LogP contribution in [0, 0.1) is 17.0 Å². The zero-order valence-corrected chi connectivity index (χ0v) is 12.7. The summed E-state index contributed by atoms with van der Waals surface area (Å²) in [5, 5.41) is 10.9. The van der Waals surface area contributed by atoms with Crippen molar-refractivity contribution >= 4 is 15.7 Å². The Labute approximate surface area is 123 Å². The number of nitrogens with zero attached hydrogens (tertiary/aromatic N) is 1. The van der Waals surface area contributed by atoms with Gasteiger partial charge < -0.3 is 4.74 Å². The molecule has 1 aromatic carbocycles. The van der Waals surface area contributed by atoms with Crippen molar-refractivity contribution in [1.29, 1.82) is 0 Å². The predicted octanol–water partition coefficient (Wildman–Crippen LogP) is 1.75. The van der Waals surface area contributed by atoms with Gasteiger partial charge in [-0.25, -0.2) is 13.1 Å². The first-order valence-electron chi connectivity index (χ1n) is 6.70. The lowest BCUT2D eigenvalue weighted by Crippen LogP contribution is -2.40. The van der Waals surface area contributed by atoms with Gasteiger partial charge in [0.25, 0.3) is 5.69 Å². The van der Waals surface area contributed by atoms with E-state index in [-0.39, 0.29) is 22.7 Å². The summed E-state index contributed by atoms with van der Waals surface area (Å²) < 4.78 is 32.6. The van der Waals surface area contributed by atoms with Gasteiger partial charge in [0.1, 0.15) is 0 Å². The Kier molecular flexibility index (Phi) is 4.60. The Bertz CT molecular complexity index is 638. The van der Waals surface area contributed by atoms with Crippen LogP contribution in [0.4, 0.5) is 5.69 Å². The second kappa shape index (κ2) is 6.08. The molecule has 1 aromatic rings. The molecule has 1 aliphatic heterocycles. The summed E-state index contributed by atoms with van der Waals surface area (Å²) in [6, 6.07) is 3.51.